The zero-order valence-corrected chi connectivity index (χ0v) is 17.7. The molecule has 4 rings (SSSR count). The van der Waals surface area contributed by atoms with E-state index in [-0.39, 0.29) is 31.0 Å². The molecule has 2 atom stereocenters. The van der Waals surface area contributed by atoms with E-state index >= 15 is 0 Å². The number of benzene rings is 1. The average molecular weight is 436 g/mol. The number of allylic oxidation sites excluding steroid dienone is 2. The van der Waals surface area contributed by atoms with Crippen LogP contribution in [-0.4, -0.2) is 29.1 Å². The molecule has 8 heteroatoms. The smallest absolute Gasteiger partial charge is 0.410 e. The van der Waals surface area contributed by atoms with Crippen LogP contribution in [0, 0.1) is 45.3 Å². The highest BCUT2D eigenvalue weighted by molar-refractivity contribution is 5.69. The van der Waals surface area contributed by atoms with Crippen LogP contribution in [0.1, 0.15) is 17.0 Å². The fourth-order valence-electron chi connectivity index (χ4n) is 4.59. The monoisotopic (exact) mass is 436 g/mol. The van der Waals surface area contributed by atoms with E-state index in [4.69, 9.17) is 10.5 Å². The Bertz CT molecular complexity index is 1230. The molecule has 0 radical (unpaired) electrons. The molecule has 0 bridgehead atoms. The van der Waals surface area contributed by atoms with Crippen LogP contribution in [-0.2, 0) is 11.3 Å². The van der Waals surface area contributed by atoms with Gasteiger partial charge in [-0.25, -0.2) is 4.79 Å². The molecule has 1 aromatic heterocycles. The Kier molecular flexibility index (Phi) is 5.81. The van der Waals surface area contributed by atoms with Crippen LogP contribution in [0.2, 0.25) is 0 Å². The molecule has 8 nitrogen and oxygen atoms in total. The minimum atomic E-state index is -1.76. The van der Waals surface area contributed by atoms with Gasteiger partial charge in [0.15, 0.2) is 5.41 Å². The van der Waals surface area contributed by atoms with Gasteiger partial charge in [-0.2, -0.15) is 15.8 Å². The van der Waals surface area contributed by atoms with E-state index in [1.807, 2.05) is 30.3 Å². The molecule has 33 heavy (non-hydrogen) atoms. The van der Waals surface area contributed by atoms with Crippen LogP contribution in [0.15, 0.2) is 77.8 Å². The molecule has 2 aliphatic rings. The first-order valence-electron chi connectivity index (χ1n) is 10.3. The van der Waals surface area contributed by atoms with Crippen molar-refractivity contribution in [2.45, 2.75) is 12.5 Å². The summed E-state index contributed by atoms with van der Waals surface area (Å²) in [7, 11) is 0. The van der Waals surface area contributed by atoms with E-state index in [9.17, 15) is 20.6 Å². The number of nitriles is 3. The number of amides is 1. The Labute approximate surface area is 191 Å². The Morgan fingerprint density at radius 1 is 1.15 bits per heavy atom. The maximum Gasteiger partial charge on any atom is 0.410 e. The molecule has 1 aliphatic carbocycles. The van der Waals surface area contributed by atoms with Crippen LogP contribution in [0.4, 0.5) is 4.79 Å². The number of pyridine rings is 1. The normalized spacial score (nSPS) is 21.0. The Morgan fingerprint density at radius 2 is 1.85 bits per heavy atom. The van der Waals surface area contributed by atoms with E-state index in [0.29, 0.717) is 11.1 Å². The standard InChI is InChI=1S/C25H20N6O2/c26-12-20-19-8-11-31(24(32)33-14-17-4-2-1-3-5-17)13-21(19)22(18-6-9-30-10-7-18)25(15-27,16-28)23(20)29/h1-10,21-22H,11,13-14,29H2/t21-,22-/m0/s1. The third kappa shape index (κ3) is 3.67. The molecule has 2 aromatic rings. The molecule has 1 aliphatic heterocycles. The topological polar surface area (TPSA) is 140 Å². The van der Waals surface area contributed by atoms with Crippen LogP contribution in [0.5, 0.6) is 0 Å². The third-order valence-electron chi connectivity index (χ3n) is 6.19. The number of hydrogen-bond donors (Lipinski definition) is 1. The van der Waals surface area contributed by atoms with Gasteiger partial charge in [-0.3, -0.25) is 4.98 Å². The van der Waals surface area contributed by atoms with Gasteiger partial charge in [0.1, 0.15) is 12.7 Å². The number of carbonyl (C=O) groups is 1. The molecule has 162 valence electrons. The number of fused-ring (bicyclic) bond motifs is 1. The van der Waals surface area contributed by atoms with Crippen LogP contribution in [0.3, 0.4) is 0 Å². The van der Waals surface area contributed by atoms with Gasteiger partial charge in [-0.05, 0) is 28.8 Å². The Morgan fingerprint density at radius 3 is 2.48 bits per heavy atom. The van der Waals surface area contributed by atoms with E-state index in [0.717, 1.165) is 5.56 Å². The number of nitrogens with two attached hydrogens (primary N) is 1. The van der Waals surface area contributed by atoms with Crippen LogP contribution in [0.25, 0.3) is 0 Å². The molecule has 1 aromatic carbocycles. The molecule has 0 saturated heterocycles. The lowest BCUT2D eigenvalue weighted by Gasteiger charge is -2.45. The van der Waals surface area contributed by atoms with Crippen molar-refractivity contribution in [1.82, 2.24) is 9.88 Å². The van der Waals surface area contributed by atoms with E-state index in [1.165, 1.54) is 4.90 Å². The number of carbonyl (C=O) groups excluding carboxylic acids is 1. The largest absolute Gasteiger partial charge is 0.445 e. The molecule has 0 spiro atoms. The lowest BCUT2D eigenvalue weighted by Crippen LogP contribution is -2.49. The summed E-state index contributed by atoms with van der Waals surface area (Å²) in [6.07, 6.45) is 4.40. The van der Waals surface area contributed by atoms with Gasteiger partial charge in [0, 0.05) is 37.3 Å². The van der Waals surface area contributed by atoms with Gasteiger partial charge < -0.3 is 15.4 Å². The van der Waals surface area contributed by atoms with Crippen molar-refractivity contribution in [3.05, 3.63) is 88.9 Å². The lowest BCUT2D eigenvalue weighted by atomic mass is 9.58. The average Bonchev–Trinajstić information content (AvgIpc) is 2.87. The summed E-state index contributed by atoms with van der Waals surface area (Å²) in [4.78, 5) is 18.4. The van der Waals surface area contributed by atoms with Crippen molar-refractivity contribution in [3.63, 3.8) is 0 Å². The summed E-state index contributed by atoms with van der Waals surface area (Å²) in [6, 6.07) is 19.0. The predicted octanol–water partition coefficient (Wildman–Crippen LogP) is 3.14. The summed E-state index contributed by atoms with van der Waals surface area (Å²) in [5.41, 5.74) is 6.79. The Hall–Kier alpha value is -4.61. The first-order chi connectivity index (χ1) is 16.1. The maximum absolute atomic E-state index is 12.8. The Balaban J connectivity index is 1.71. The zero-order valence-electron chi connectivity index (χ0n) is 17.7. The van der Waals surface area contributed by atoms with E-state index < -0.39 is 23.3 Å². The molecule has 2 heterocycles. The van der Waals surface area contributed by atoms with Crippen molar-refractivity contribution in [1.29, 1.82) is 15.8 Å². The van der Waals surface area contributed by atoms with E-state index in [1.54, 1.807) is 30.6 Å². The van der Waals surface area contributed by atoms with Crippen molar-refractivity contribution in [3.8, 4) is 18.2 Å². The van der Waals surface area contributed by atoms with Crippen molar-refractivity contribution < 1.29 is 9.53 Å². The molecule has 2 N–H and O–H groups in total. The van der Waals surface area contributed by atoms with Gasteiger partial charge in [0.2, 0.25) is 0 Å². The molecular formula is C25H20N6O2. The highest BCUT2D eigenvalue weighted by Crippen LogP contribution is 2.54. The summed E-state index contributed by atoms with van der Waals surface area (Å²) in [5, 5.41) is 30.0. The molecule has 0 fully saturated rings. The van der Waals surface area contributed by atoms with Crippen molar-refractivity contribution in [2.75, 3.05) is 13.1 Å². The second-order valence-electron chi connectivity index (χ2n) is 7.90. The van der Waals surface area contributed by atoms with E-state index in [2.05, 4.69) is 23.2 Å². The minimum Gasteiger partial charge on any atom is -0.445 e. The lowest BCUT2D eigenvalue weighted by molar-refractivity contribution is 0.0898. The first kappa shape index (κ1) is 21.6. The SMILES string of the molecule is N#CC1=C(N)C(C#N)(C#N)[C@@H](c2ccncc2)[C@H]2CN(C(=O)OCc3ccccc3)CC=C12. The number of nitrogens with zero attached hydrogens (tertiary/aromatic N) is 5. The maximum atomic E-state index is 12.8. The summed E-state index contributed by atoms with van der Waals surface area (Å²) in [5.74, 6) is -1.18. The quantitative estimate of drug-likeness (QED) is 0.779. The zero-order chi connectivity index (χ0) is 23.4. The summed E-state index contributed by atoms with van der Waals surface area (Å²) in [6.45, 7) is 0.533. The first-order valence-corrected chi connectivity index (χ1v) is 10.3. The van der Waals surface area contributed by atoms with Crippen LogP contribution < -0.4 is 5.73 Å². The molecular weight excluding hydrogens is 416 g/mol. The second-order valence-corrected chi connectivity index (χ2v) is 7.90. The predicted molar refractivity (Wildman–Crippen MR) is 117 cm³/mol. The van der Waals surface area contributed by atoms with Crippen molar-refractivity contribution in [2.24, 2.45) is 17.1 Å². The summed E-state index contributed by atoms with van der Waals surface area (Å²) < 4.78 is 5.48. The molecule has 0 unspecified atom stereocenters. The number of ether oxygens (including phenoxy) is 1. The fraction of sp³-hybridized carbons (Fsp3) is 0.240. The number of hydrogen-bond acceptors (Lipinski definition) is 7. The van der Waals surface area contributed by atoms with Gasteiger partial charge in [0.05, 0.1) is 23.4 Å². The summed E-state index contributed by atoms with van der Waals surface area (Å²) >= 11 is 0. The number of aromatic nitrogens is 1. The fourth-order valence-corrected chi connectivity index (χ4v) is 4.59. The highest BCUT2D eigenvalue weighted by atomic mass is 16.6. The number of rotatable bonds is 3. The minimum absolute atomic E-state index is 0.0561. The second kappa shape index (κ2) is 8.86. The van der Waals surface area contributed by atoms with Gasteiger partial charge in [0.25, 0.3) is 0 Å². The highest BCUT2D eigenvalue weighted by Gasteiger charge is 2.54. The molecule has 0 saturated carbocycles. The third-order valence-corrected chi connectivity index (χ3v) is 6.19. The van der Waals surface area contributed by atoms with Gasteiger partial charge in [-0.15, -0.1) is 0 Å². The van der Waals surface area contributed by atoms with Gasteiger partial charge >= 0.3 is 6.09 Å². The van der Waals surface area contributed by atoms with Crippen molar-refractivity contribution >= 4 is 6.09 Å². The van der Waals surface area contributed by atoms with Gasteiger partial charge in [-0.1, -0.05) is 36.4 Å². The molecule has 1 amide bonds. The van der Waals surface area contributed by atoms with Crippen LogP contribution >= 0.6 is 0 Å².